The Hall–Kier alpha value is -1.43. The third kappa shape index (κ3) is 2.38. The Labute approximate surface area is 93.1 Å². The van der Waals surface area contributed by atoms with Gasteiger partial charge in [0, 0.05) is 6.20 Å². The van der Waals surface area contributed by atoms with Crippen molar-refractivity contribution in [3.8, 4) is 0 Å². The van der Waals surface area contributed by atoms with Crippen LogP contribution < -0.4 is 0 Å². The van der Waals surface area contributed by atoms with E-state index in [4.69, 9.17) is 5.11 Å². The number of sulfone groups is 1. The molecule has 1 N–H and O–H groups in total. The van der Waals surface area contributed by atoms with Crippen LogP contribution in [0.25, 0.3) is 0 Å². The Kier molecular flexibility index (Phi) is 2.67. The third-order valence-corrected chi connectivity index (χ3v) is 4.34. The van der Waals surface area contributed by atoms with Crippen LogP contribution in [0.4, 0.5) is 0 Å². The highest BCUT2D eigenvalue weighted by atomic mass is 32.2. The van der Waals surface area contributed by atoms with Gasteiger partial charge in [0.1, 0.15) is 5.69 Å². The minimum Gasteiger partial charge on any atom is -0.477 e. The van der Waals surface area contributed by atoms with E-state index in [2.05, 4.69) is 4.98 Å². The van der Waals surface area contributed by atoms with Gasteiger partial charge in [0.05, 0.1) is 10.6 Å². The van der Waals surface area contributed by atoms with Crippen LogP contribution in [-0.2, 0) is 9.84 Å². The van der Waals surface area contributed by atoms with Crippen LogP contribution in [0.3, 0.4) is 0 Å². The highest BCUT2D eigenvalue weighted by Gasteiger charge is 2.29. The van der Waals surface area contributed by atoms with Gasteiger partial charge in [-0.1, -0.05) is 0 Å². The van der Waals surface area contributed by atoms with Crippen LogP contribution in [0.15, 0.2) is 23.2 Å². The number of carbonyl (C=O) groups is 1. The summed E-state index contributed by atoms with van der Waals surface area (Å²) < 4.78 is 23.6. The number of aromatic carboxylic acids is 1. The summed E-state index contributed by atoms with van der Waals surface area (Å²) in [5.74, 6) is -0.753. The molecule has 1 aromatic heterocycles. The zero-order valence-electron chi connectivity index (χ0n) is 8.46. The first kappa shape index (κ1) is 11.1. The lowest BCUT2D eigenvalue weighted by atomic mass is 10.4. The maximum absolute atomic E-state index is 11.8. The molecule has 0 aliphatic heterocycles. The number of pyridine rings is 1. The molecule has 5 nitrogen and oxygen atoms in total. The monoisotopic (exact) mass is 241 g/mol. The van der Waals surface area contributed by atoms with Gasteiger partial charge in [-0.15, -0.1) is 0 Å². The number of hydrogen-bond acceptors (Lipinski definition) is 4. The van der Waals surface area contributed by atoms with Crippen LogP contribution in [0.5, 0.6) is 0 Å². The van der Waals surface area contributed by atoms with Crippen molar-refractivity contribution in [2.45, 2.75) is 17.7 Å². The van der Waals surface area contributed by atoms with Crippen molar-refractivity contribution in [3.05, 3.63) is 24.0 Å². The van der Waals surface area contributed by atoms with E-state index in [0.29, 0.717) is 0 Å². The summed E-state index contributed by atoms with van der Waals surface area (Å²) in [5, 5.41) is 8.62. The molecule has 1 saturated carbocycles. The Morgan fingerprint density at radius 2 is 2.12 bits per heavy atom. The Balaban J connectivity index is 2.23. The van der Waals surface area contributed by atoms with Crippen molar-refractivity contribution in [2.75, 3.05) is 5.75 Å². The topological polar surface area (TPSA) is 84.3 Å². The summed E-state index contributed by atoms with van der Waals surface area (Å²) in [4.78, 5) is 14.2. The van der Waals surface area contributed by atoms with E-state index in [9.17, 15) is 13.2 Å². The van der Waals surface area contributed by atoms with Crippen LogP contribution >= 0.6 is 0 Å². The summed E-state index contributed by atoms with van der Waals surface area (Å²) in [6.45, 7) is 0. The Morgan fingerprint density at radius 1 is 1.44 bits per heavy atom. The van der Waals surface area contributed by atoms with Gasteiger partial charge in [0.15, 0.2) is 9.84 Å². The molecule has 2 rings (SSSR count). The molecule has 16 heavy (non-hydrogen) atoms. The van der Waals surface area contributed by atoms with E-state index in [0.717, 1.165) is 19.0 Å². The minimum atomic E-state index is -3.29. The first-order valence-electron chi connectivity index (χ1n) is 4.91. The van der Waals surface area contributed by atoms with Crippen molar-refractivity contribution in [1.82, 2.24) is 4.98 Å². The molecule has 1 aliphatic rings. The highest BCUT2D eigenvalue weighted by molar-refractivity contribution is 7.91. The van der Waals surface area contributed by atoms with E-state index >= 15 is 0 Å². The summed E-state index contributed by atoms with van der Waals surface area (Å²) in [6, 6.07) is 2.51. The van der Waals surface area contributed by atoms with Crippen molar-refractivity contribution in [3.63, 3.8) is 0 Å². The van der Waals surface area contributed by atoms with E-state index in [1.165, 1.54) is 12.1 Å². The smallest absolute Gasteiger partial charge is 0.354 e. The summed E-state index contributed by atoms with van der Waals surface area (Å²) >= 11 is 0. The van der Waals surface area contributed by atoms with E-state index < -0.39 is 15.8 Å². The van der Waals surface area contributed by atoms with Crippen molar-refractivity contribution >= 4 is 15.8 Å². The van der Waals surface area contributed by atoms with Gasteiger partial charge in [-0.05, 0) is 30.9 Å². The average Bonchev–Trinajstić information content (AvgIpc) is 3.01. The molecule has 0 bridgehead atoms. The van der Waals surface area contributed by atoms with E-state index in [1.54, 1.807) is 0 Å². The molecule has 0 aromatic carbocycles. The van der Waals surface area contributed by atoms with Crippen molar-refractivity contribution in [2.24, 2.45) is 5.92 Å². The molecule has 0 amide bonds. The molecule has 0 radical (unpaired) electrons. The second-order valence-electron chi connectivity index (χ2n) is 3.91. The standard InChI is InChI=1S/C10H11NO4S/c12-10(13)9-4-3-8(5-11-9)16(14,15)6-7-1-2-7/h3-5,7H,1-2,6H2,(H,12,13). The van der Waals surface area contributed by atoms with E-state index in [-0.39, 0.29) is 22.3 Å². The van der Waals surface area contributed by atoms with Gasteiger partial charge < -0.3 is 5.11 Å². The van der Waals surface area contributed by atoms with Crippen LogP contribution in [0.1, 0.15) is 23.3 Å². The zero-order valence-corrected chi connectivity index (χ0v) is 9.27. The molecular weight excluding hydrogens is 230 g/mol. The lowest BCUT2D eigenvalue weighted by molar-refractivity contribution is 0.0690. The van der Waals surface area contributed by atoms with Crippen LogP contribution in [0, 0.1) is 5.92 Å². The minimum absolute atomic E-state index is 0.101. The molecule has 1 heterocycles. The summed E-state index contributed by atoms with van der Waals surface area (Å²) in [6.07, 6.45) is 3.03. The van der Waals surface area contributed by atoms with Crippen molar-refractivity contribution in [1.29, 1.82) is 0 Å². The van der Waals surface area contributed by atoms with Crippen molar-refractivity contribution < 1.29 is 18.3 Å². The first-order chi connectivity index (χ1) is 7.49. The molecule has 0 atom stereocenters. The molecule has 6 heteroatoms. The fourth-order valence-corrected chi connectivity index (χ4v) is 3.02. The molecule has 0 saturated heterocycles. The largest absolute Gasteiger partial charge is 0.477 e. The van der Waals surface area contributed by atoms with Gasteiger partial charge in [-0.2, -0.15) is 0 Å². The van der Waals surface area contributed by atoms with Gasteiger partial charge in [-0.25, -0.2) is 18.2 Å². The maximum atomic E-state index is 11.8. The lowest BCUT2D eigenvalue weighted by Gasteiger charge is -2.02. The third-order valence-electron chi connectivity index (χ3n) is 2.47. The fourth-order valence-electron chi connectivity index (χ4n) is 1.38. The fraction of sp³-hybridized carbons (Fsp3) is 0.400. The lowest BCUT2D eigenvalue weighted by Crippen LogP contribution is -2.10. The number of nitrogens with zero attached hydrogens (tertiary/aromatic N) is 1. The van der Waals surface area contributed by atoms with Gasteiger partial charge >= 0.3 is 5.97 Å². The summed E-state index contributed by atoms with van der Waals surface area (Å²) in [7, 11) is -3.29. The maximum Gasteiger partial charge on any atom is 0.354 e. The molecule has 1 fully saturated rings. The van der Waals surface area contributed by atoms with E-state index in [1.807, 2.05) is 0 Å². The average molecular weight is 241 g/mol. The predicted octanol–water partition coefficient (Wildman–Crippen LogP) is 0.964. The first-order valence-corrected chi connectivity index (χ1v) is 6.56. The molecule has 0 unspecified atom stereocenters. The SMILES string of the molecule is O=C(O)c1ccc(S(=O)(=O)CC2CC2)cn1. The molecule has 0 spiro atoms. The van der Waals surface area contributed by atoms with Gasteiger partial charge in [0.2, 0.25) is 0 Å². The molecule has 86 valence electrons. The molecular formula is C10H11NO4S. The number of rotatable bonds is 4. The quantitative estimate of drug-likeness (QED) is 0.848. The summed E-state index contributed by atoms with van der Waals surface area (Å²) in [5.41, 5.74) is -0.148. The van der Waals surface area contributed by atoms with Crippen LogP contribution in [-0.4, -0.2) is 30.2 Å². The second kappa shape index (κ2) is 3.86. The van der Waals surface area contributed by atoms with Gasteiger partial charge in [0.25, 0.3) is 0 Å². The predicted molar refractivity (Wildman–Crippen MR) is 56.0 cm³/mol. The van der Waals surface area contributed by atoms with Gasteiger partial charge in [-0.3, -0.25) is 0 Å². The number of carboxylic acid groups (broad SMARTS) is 1. The second-order valence-corrected chi connectivity index (χ2v) is 5.94. The Bertz CT molecular complexity index is 502. The Morgan fingerprint density at radius 3 is 2.56 bits per heavy atom. The number of carboxylic acids is 1. The van der Waals surface area contributed by atoms with Crippen LogP contribution in [0.2, 0.25) is 0 Å². The molecule has 1 aliphatic carbocycles. The highest BCUT2D eigenvalue weighted by Crippen LogP contribution is 2.32. The molecule has 1 aromatic rings. The number of hydrogen-bond donors (Lipinski definition) is 1. The number of aromatic nitrogens is 1. The zero-order chi connectivity index (χ0) is 11.8. The normalized spacial score (nSPS) is 16.0.